The first-order valence-electron chi connectivity index (χ1n) is 6.48. The van der Waals surface area contributed by atoms with Crippen molar-refractivity contribution < 1.29 is 4.79 Å². The predicted molar refractivity (Wildman–Crippen MR) is 83.6 cm³/mol. The molecule has 1 aromatic carbocycles. The molecule has 1 amide bonds. The van der Waals surface area contributed by atoms with E-state index in [1.54, 1.807) is 11.4 Å². The summed E-state index contributed by atoms with van der Waals surface area (Å²) in [6.07, 6.45) is 0. The van der Waals surface area contributed by atoms with Crippen LogP contribution in [0.3, 0.4) is 0 Å². The number of amides is 1. The first-order chi connectivity index (χ1) is 10.1. The topological polar surface area (TPSA) is 70.7 Å². The minimum absolute atomic E-state index is 0.254. The zero-order valence-corrected chi connectivity index (χ0v) is 12.5. The smallest absolute Gasteiger partial charge is 0.276 e. The van der Waals surface area contributed by atoms with E-state index in [0.29, 0.717) is 11.5 Å². The number of rotatable bonds is 3. The second-order valence-corrected chi connectivity index (χ2v) is 5.65. The molecule has 3 rings (SSSR count). The summed E-state index contributed by atoms with van der Waals surface area (Å²) in [5.41, 5.74) is 3.50. The maximum atomic E-state index is 12.1. The van der Waals surface area contributed by atoms with Crippen LogP contribution < -0.4 is 5.32 Å². The number of thiazole rings is 1. The third-order valence-corrected chi connectivity index (χ3v) is 3.87. The first-order valence-corrected chi connectivity index (χ1v) is 7.36. The summed E-state index contributed by atoms with van der Waals surface area (Å²) in [5, 5.41) is 12.1. The fraction of sp³-hybridized carbons (Fsp3) is 0.133. The van der Waals surface area contributed by atoms with Crippen molar-refractivity contribution in [3.05, 3.63) is 52.7 Å². The average Bonchev–Trinajstić information content (AvgIpc) is 3.09. The quantitative estimate of drug-likeness (QED) is 0.778. The van der Waals surface area contributed by atoms with Crippen molar-refractivity contribution in [1.29, 1.82) is 0 Å². The summed E-state index contributed by atoms with van der Waals surface area (Å²) in [6.45, 7) is 3.91. The Hall–Kier alpha value is -2.47. The molecule has 2 N–H and O–H groups in total. The van der Waals surface area contributed by atoms with Crippen LogP contribution in [0.5, 0.6) is 0 Å². The maximum absolute atomic E-state index is 12.1. The Morgan fingerprint density at radius 3 is 2.67 bits per heavy atom. The molecule has 0 spiro atoms. The highest BCUT2D eigenvalue weighted by atomic mass is 32.1. The zero-order chi connectivity index (χ0) is 14.8. The van der Waals surface area contributed by atoms with Crippen molar-refractivity contribution in [3.63, 3.8) is 0 Å². The van der Waals surface area contributed by atoms with Gasteiger partial charge in [0.05, 0.1) is 0 Å². The van der Waals surface area contributed by atoms with Crippen LogP contribution in [0.15, 0.2) is 35.7 Å². The van der Waals surface area contributed by atoms with E-state index in [4.69, 9.17) is 0 Å². The molecule has 0 saturated carbocycles. The van der Waals surface area contributed by atoms with E-state index in [-0.39, 0.29) is 5.91 Å². The lowest BCUT2D eigenvalue weighted by molar-refractivity contribution is 0.102. The predicted octanol–water partition coefficient (Wildman–Crippen LogP) is 3.40. The van der Waals surface area contributed by atoms with Crippen LogP contribution in [-0.2, 0) is 0 Å². The summed E-state index contributed by atoms with van der Waals surface area (Å²) >= 11 is 1.45. The van der Waals surface area contributed by atoms with Crippen molar-refractivity contribution in [3.8, 4) is 10.6 Å². The van der Waals surface area contributed by atoms with Crippen LogP contribution in [0.4, 0.5) is 5.82 Å². The highest BCUT2D eigenvalue weighted by Gasteiger charge is 2.13. The molecule has 0 fully saturated rings. The highest BCUT2D eigenvalue weighted by Crippen LogP contribution is 2.24. The second kappa shape index (κ2) is 5.49. The summed E-state index contributed by atoms with van der Waals surface area (Å²) in [7, 11) is 0. The molecule has 0 unspecified atom stereocenters. The summed E-state index contributed by atoms with van der Waals surface area (Å²) in [4.78, 5) is 16.5. The van der Waals surface area contributed by atoms with Crippen molar-refractivity contribution >= 4 is 23.1 Å². The molecule has 3 aromatic rings. The van der Waals surface area contributed by atoms with Gasteiger partial charge in [0, 0.05) is 22.7 Å². The monoisotopic (exact) mass is 298 g/mol. The lowest BCUT2D eigenvalue weighted by Gasteiger charge is -1.98. The van der Waals surface area contributed by atoms with Gasteiger partial charge in [0.15, 0.2) is 5.82 Å². The third kappa shape index (κ3) is 3.00. The number of benzene rings is 1. The first kappa shape index (κ1) is 13.5. The fourth-order valence-electron chi connectivity index (χ4n) is 1.87. The Balaban J connectivity index is 1.78. The van der Waals surface area contributed by atoms with E-state index in [9.17, 15) is 4.79 Å². The van der Waals surface area contributed by atoms with E-state index >= 15 is 0 Å². The molecule has 106 valence electrons. The van der Waals surface area contributed by atoms with Gasteiger partial charge in [-0.15, -0.1) is 11.3 Å². The minimum atomic E-state index is -0.254. The molecule has 2 aromatic heterocycles. The standard InChI is InChI=1S/C15H14N4OS/c1-9-3-5-11(6-4-9)15-16-12(8-21-15)14(20)17-13-7-10(2)18-19-13/h3-8H,1-2H3,(H2,17,18,19,20). The van der Waals surface area contributed by atoms with Crippen molar-refractivity contribution in [2.45, 2.75) is 13.8 Å². The number of nitrogens with zero attached hydrogens (tertiary/aromatic N) is 2. The van der Waals surface area contributed by atoms with Crippen LogP contribution in [0.1, 0.15) is 21.7 Å². The van der Waals surface area contributed by atoms with E-state index in [1.807, 2.05) is 38.1 Å². The van der Waals surface area contributed by atoms with E-state index in [2.05, 4.69) is 20.5 Å². The van der Waals surface area contributed by atoms with Gasteiger partial charge in [0.25, 0.3) is 5.91 Å². The number of aromatic nitrogens is 3. The summed E-state index contributed by atoms with van der Waals surface area (Å²) in [6, 6.07) is 9.84. The van der Waals surface area contributed by atoms with E-state index in [0.717, 1.165) is 16.3 Å². The molecule has 21 heavy (non-hydrogen) atoms. The van der Waals surface area contributed by atoms with Crippen molar-refractivity contribution in [2.75, 3.05) is 5.32 Å². The molecule has 0 aliphatic carbocycles. The van der Waals surface area contributed by atoms with Crippen molar-refractivity contribution in [2.24, 2.45) is 0 Å². The van der Waals surface area contributed by atoms with Gasteiger partial charge in [0.1, 0.15) is 10.7 Å². The average molecular weight is 298 g/mol. The Morgan fingerprint density at radius 2 is 2.00 bits per heavy atom. The summed E-state index contributed by atoms with van der Waals surface area (Å²) < 4.78 is 0. The maximum Gasteiger partial charge on any atom is 0.276 e. The van der Waals surface area contributed by atoms with E-state index < -0.39 is 0 Å². The fourth-order valence-corrected chi connectivity index (χ4v) is 2.68. The molecule has 6 heteroatoms. The number of carbonyl (C=O) groups excluding carboxylic acids is 1. The number of hydrogen-bond acceptors (Lipinski definition) is 4. The molecule has 0 atom stereocenters. The lowest BCUT2D eigenvalue weighted by Crippen LogP contribution is -2.12. The number of H-pyrrole nitrogens is 1. The minimum Gasteiger partial charge on any atom is -0.304 e. The largest absolute Gasteiger partial charge is 0.304 e. The van der Waals surface area contributed by atoms with Gasteiger partial charge < -0.3 is 5.32 Å². The van der Waals surface area contributed by atoms with Gasteiger partial charge in [-0.05, 0) is 13.8 Å². The third-order valence-electron chi connectivity index (χ3n) is 2.98. The molecular weight excluding hydrogens is 284 g/mol. The number of aryl methyl sites for hydroxylation is 2. The number of aromatic amines is 1. The normalized spacial score (nSPS) is 10.6. The molecule has 2 heterocycles. The van der Waals surface area contributed by atoms with Crippen LogP contribution in [0.2, 0.25) is 0 Å². The Kier molecular flexibility index (Phi) is 3.53. The van der Waals surface area contributed by atoms with Gasteiger partial charge >= 0.3 is 0 Å². The van der Waals surface area contributed by atoms with Crippen LogP contribution in [-0.4, -0.2) is 21.1 Å². The Morgan fingerprint density at radius 1 is 1.24 bits per heavy atom. The SMILES string of the molecule is Cc1ccc(-c2nc(C(=O)Nc3cc(C)[nH]n3)cs2)cc1. The van der Waals surface area contributed by atoms with Gasteiger partial charge in [0.2, 0.25) is 0 Å². The Labute approximate surface area is 126 Å². The van der Waals surface area contributed by atoms with Crippen LogP contribution in [0, 0.1) is 13.8 Å². The van der Waals surface area contributed by atoms with Crippen molar-refractivity contribution in [1.82, 2.24) is 15.2 Å². The zero-order valence-electron chi connectivity index (χ0n) is 11.7. The van der Waals surface area contributed by atoms with Gasteiger partial charge in [-0.25, -0.2) is 4.98 Å². The van der Waals surface area contributed by atoms with Crippen LogP contribution >= 0.6 is 11.3 Å². The van der Waals surface area contributed by atoms with Crippen LogP contribution in [0.25, 0.3) is 10.6 Å². The highest BCUT2D eigenvalue weighted by molar-refractivity contribution is 7.13. The van der Waals surface area contributed by atoms with Gasteiger partial charge in [-0.1, -0.05) is 29.8 Å². The lowest BCUT2D eigenvalue weighted by atomic mass is 10.2. The molecule has 0 bridgehead atoms. The van der Waals surface area contributed by atoms with Gasteiger partial charge in [-0.2, -0.15) is 5.10 Å². The molecular formula is C15H14N4OS. The molecule has 0 aliphatic heterocycles. The number of hydrogen-bond donors (Lipinski definition) is 2. The molecule has 0 radical (unpaired) electrons. The number of anilines is 1. The molecule has 0 saturated heterocycles. The Bertz CT molecular complexity index is 773. The molecule has 0 aliphatic rings. The number of carbonyl (C=O) groups is 1. The van der Waals surface area contributed by atoms with Gasteiger partial charge in [-0.3, -0.25) is 9.89 Å². The summed E-state index contributed by atoms with van der Waals surface area (Å²) in [5.74, 6) is 0.249. The molecule has 5 nitrogen and oxygen atoms in total. The van der Waals surface area contributed by atoms with E-state index in [1.165, 1.54) is 16.9 Å². The number of nitrogens with one attached hydrogen (secondary N) is 2. The second-order valence-electron chi connectivity index (χ2n) is 4.79.